The van der Waals surface area contributed by atoms with Gasteiger partial charge in [0.1, 0.15) is 4.90 Å². The predicted molar refractivity (Wildman–Crippen MR) is 76.1 cm³/mol. The van der Waals surface area contributed by atoms with Crippen molar-refractivity contribution >= 4 is 10.0 Å². The second kappa shape index (κ2) is 6.24. The molecule has 1 aromatic heterocycles. The van der Waals surface area contributed by atoms with Crippen LogP contribution in [0.4, 0.5) is 0 Å². The first-order chi connectivity index (χ1) is 9.44. The van der Waals surface area contributed by atoms with E-state index in [9.17, 15) is 8.42 Å². The van der Waals surface area contributed by atoms with Crippen LogP contribution in [0.1, 0.15) is 44.3 Å². The maximum absolute atomic E-state index is 12.3. The first-order valence-corrected chi connectivity index (χ1v) is 8.49. The van der Waals surface area contributed by atoms with Gasteiger partial charge in [-0.3, -0.25) is 4.68 Å². The van der Waals surface area contributed by atoms with Gasteiger partial charge >= 0.3 is 0 Å². The highest BCUT2D eigenvalue weighted by atomic mass is 32.2. The summed E-state index contributed by atoms with van der Waals surface area (Å²) in [7, 11) is -1.98. The molecule has 1 N–H and O–H groups in total. The minimum atomic E-state index is -3.53. The summed E-state index contributed by atoms with van der Waals surface area (Å²) < 4.78 is 34.1. The number of aryl methyl sites for hydroxylation is 1. The fraction of sp³-hybridized carbons (Fsp3) is 0.769. The fourth-order valence-electron chi connectivity index (χ4n) is 2.70. The van der Waals surface area contributed by atoms with Gasteiger partial charge in [-0.25, -0.2) is 13.1 Å². The molecule has 0 spiro atoms. The van der Waals surface area contributed by atoms with E-state index in [0.717, 1.165) is 12.8 Å². The molecule has 1 fully saturated rings. The molecule has 1 aromatic rings. The molecular formula is C13H23N3O3S. The summed E-state index contributed by atoms with van der Waals surface area (Å²) >= 11 is 0. The average molecular weight is 301 g/mol. The summed E-state index contributed by atoms with van der Waals surface area (Å²) in [5.41, 5.74) is 0.550. The summed E-state index contributed by atoms with van der Waals surface area (Å²) in [5.74, 6) is 0. The van der Waals surface area contributed by atoms with Crippen LogP contribution in [0.5, 0.6) is 0 Å². The number of methoxy groups -OCH3 is 1. The number of nitrogens with zero attached hydrogens (tertiary/aromatic N) is 2. The largest absolute Gasteiger partial charge is 0.383 e. The number of aromatic nitrogens is 2. The summed E-state index contributed by atoms with van der Waals surface area (Å²) in [6, 6.07) is 0.0771. The number of ether oxygens (including phenoxy) is 1. The van der Waals surface area contributed by atoms with Crippen LogP contribution in [0.15, 0.2) is 11.1 Å². The van der Waals surface area contributed by atoms with Gasteiger partial charge in [0.05, 0.1) is 18.3 Å². The molecule has 7 heteroatoms. The van der Waals surface area contributed by atoms with Gasteiger partial charge in [0, 0.05) is 19.3 Å². The number of rotatable bonds is 6. The molecular weight excluding hydrogens is 278 g/mol. The molecule has 0 amide bonds. The van der Waals surface area contributed by atoms with Crippen LogP contribution < -0.4 is 4.72 Å². The molecule has 0 radical (unpaired) electrons. The second-order valence-corrected chi connectivity index (χ2v) is 7.16. The number of hydrogen-bond donors (Lipinski definition) is 1. The van der Waals surface area contributed by atoms with E-state index in [4.69, 9.17) is 4.74 Å². The lowest BCUT2D eigenvalue weighted by molar-refractivity contribution is 0.180. The molecule has 114 valence electrons. The number of sulfonamides is 1. The van der Waals surface area contributed by atoms with Crippen LogP contribution in [0.25, 0.3) is 0 Å². The van der Waals surface area contributed by atoms with Crippen molar-refractivity contribution in [2.24, 2.45) is 0 Å². The third-order valence-electron chi connectivity index (χ3n) is 3.63. The average Bonchev–Trinajstić information content (AvgIpc) is 2.96. The molecule has 0 aromatic carbocycles. The van der Waals surface area contributed by atoms with E-state index in [1.807, 2.05) is 4.68 Å². The Kier molecular flexibility index (Phi) is 4.82. The zero-order chi connectivity index (χ0) is 14.8. The Morgan fingerprint density at radius 3 is 2.75 bits per heavy atom. The lowest BCUT2D eigenvalue weighted by atomic mass is 10.3. The molecule has 20 heavy (non-hydrogen) atoms. The molecule has 1 saturated carbocycles. The van der Waals surface area contributed by atoms with E-state index in [2.05, 4.69) is 9.82 Å². The van der Waals surface area contributed by atoms with Crippen molar-refractivity contribution in [3.63, 3.8) is 0 Å². The molecule has 1 atom stereocenters. The molecule has 2 rings (SSSR count). The second-order valence-electron chi connectivity index (χ2n) is 5.47. The summed E-state index contributed by atoms with van der Waals surface area (Å²) in [6.45, 7) is 3.85. The van der Waals surface area contributed by atoms with Gasteiger partial charge < -0.3 is 4.74 Å². The standard InChI is InChI=1S/C13H23N3O3S/c1-10(9-19-3)15-20(17,18)13-8-16(14-11(13)2)12-6-4-5-7-12/h8,10,12,15H,4-7,9H2,1-3H3. The maximum atomic E-state index is 12.3. The van der Waals surface area contributed by atoms with E-state index >= 15 is 0 Å². The smallest absolute Gasteiger partial charge is 0.244 e. The monoisotopic (exact) mass is 301 g/mol. The van der Waals surface area contributed by atoms with E-state index < -0.39 is 10.0 Å². The third kappa shape index (κ3) is 3.39. The highest BCUT2D eigenvalue weighted by Crippen LogP contribution is 2.30. The highest BCUT2D eigenvalue weighted by Gasteiger charge is 2.25. The van der Waals surface area contributed by atoms with Crippen LogP contribution >= 0.6 is 0 Å². The zero-order valence-corrected chi connectivity index (χ0v) is 13.1. The third-order valence-corrected chi connectivity index (χ3v) is 5.33. The van der Waals surface area contributed by atoms with Crippen LogP contribution in [0, 0.1) is 6.92 Å². The van der Waals surface area contributed by atoms with Crippen molar-refractivity contribution in [2.45, 2.75) is 56.5 Å². The van der Waals surface area contributed by atoms with Gasteiger partial charge in [-0.15, -0.1) is 0 Å². The quantitative estimate of drug-likeness (QED) is 0.866. The Hall–Kier alpha value is -0.920. The summed E-state index contributed by atoms with van der Waals surface area (Å²) in [5, 5.41) is 4.38. The predicted octanol–water partition coefficient (Wildman–Crippen LogP) is 1.62. The Balaban J connectivity index is 2.18. The van der Waals surface area contributed by atoms with Gasteiger partial charge in [0.15, 0.2) is 0 Å². The van der Waals surface area contributed by atoms with Gasteiger partial charge in [-0.2, -0.15) is 5.10 Å². The minimum absolute atomic E-state index is 0.265. The fourth-order valence-corrected chi connectivity index (χ4v) is 4.10. The maximum Gasteiger partial charge on any atom is 0.244 e. The lowest BCUT2D eigenvalue weighted by Gasteiger charge is -2.12. The molecule has 1 aliphatic rings. The van der Waals surface area contributed by atoms with Crippen LogP contribution in [0.3, 0.4) is 0 Å². The van der Waals surface area contributed by atoms with Crippen LogP contribution in [0.2, 0.25) is 0 Å². The van der Waals surface area contributed by atoms with Gasteiger partial charge in [0.2, 0.25) is 10.0 Å². The first kappa shape index (κ1) is 15.5. The molecule has 1 heterocycles. The van der Waals surface area contributed by atoms with E-state index in [1.165, 1.54) is 12.8 Å². The molecule has 0 saturated heterocycles. The van der Waals surface area contributed by atoms with Gasteiger partial charge in [-0.05, 0) is 26.7 Å². The number of hydrogen-bond acceptors (Lipinski definition) is 4. The summed E-state index contributed by atoms with van der Waals surface area (Å²) in [6.07, 6.45) is 6.19. The Morgan fingerprint density at radius 1 is 1.50 bits per heavy atom. The Labute approximate surface area is 120 Å². The molecule has 1 unspecified atom stereocenters. The first-order valence-electron chi connectivity index (χ1n) is 7.01. The van der Waals surface area contributed by atoms with Gasteiger partial charge in [-0.1, -0.05) is 12.8 Å². The SMILES string of the molecule is COCC(C)NS(=O)(=O)c1cn(C2CCCC2)nc1C. The van der Waals surface area contributed by atoms with Gasteiger partial charge in [0.25, 0.3) is 0 Å². The van der Waals surface area contributed by atoms with E-state index in [-0.39, 0.29) is 10.9 Å². The molecule has 0 aliphatic heterocycles. The topological polar surface area (TPSA) is 73.2 Å². The van der Waals surface area contributed by atoms with E-state index in [0.29, 0.717) is 18.3 Å². The van der Waals surface area contributed by atoms with Crippen molar-refractivity contribution < 1.29 is 13.2 Å². The Morgan fingerprint density at radius 2 is 2.15 bits per heavy atom. The lowest BCUT2D eigenvalue weighted by Crippen LogP contribution is -2.35. The van der Waals surface area contributed by atoms with Crippen molar-refractivity contribution in [3.8, 4) is 0 Å². The molecule has 0 bridgehead atoms. The van der Waals surface area contributed by atoms with Crippen molar-refractivity contribution in [2.75, 3.05) is 13.7 Å². The minimum Gasteiger partial charge on any atom is -0.383 e. The van der Waals surface area contributed by atoms with Crippen molar-refractivity contribution in [3.05, 3.63) is 11.9 Å². The van der Waals surface area contributed by atoms with E-state index in [1.54, 1.807) is 27.2 Å². The highest BCUT2D eigenvalue weighted by molar-refractivity contribution is 7.89. The zero-order valence-electron chi connectivity index (χ0n) is 12.3. The van der Waals surface area contributed by atoms with Crippen LogP contribution in [-0.4, -0.2) is 38.0 Å². The van der Waals surface area contributed by atoms with Crippen LogP contribution in [-0.2, 0) is 14.8 Å². The van der Waals surface area contributed by atoms with Crippen molar-refractivity contribution in [1.29, 1.82) is 0 Å². The Bertz CT molecular complexity index is 547. The number of nitrogens with one attached hydrogen (secondary N) is 1. The molecule has 1 aliphatic carbocycles. The normalized spacial score (nSPS) is 18.6. The van der Waals surface area contributed by atoms with Crippen molar-refractivity contribution in [1.82, 2.24) is 14.5 Å². The molecule has 6 nitrogen and oxygen atoms in total. The summed E-state index contributed by atoms with van der Waals surface area (Å²) in [4.78, 5) is 0.271.